The second-order valence-corrected chi connectivity index (χ2v) is 4.99. The second kappa shape index (κ2) is 4.53. The van der Waals surface area contributed by atoms with Crippen LogP contribution in [0.1, 0.15) is 18.5 Å². The lowest BCUT2D eigenvalue weighted by molar-refractivity contribution is -0.141. The molecule has 6 nitrogen and oxygen atoms in total. The smallest absolute Gasteiger partial charge is 0.308 e. The Kier molecular flexibility index (Phi) is 2.85. The van der Waals surface area contributed by atoms with E-state index in [0.29, 0.717) is 6.54 Å². The number of aromatic nitrogens is 3. The summed E-state index contributed by atoms with van der Waals surface area (Å²) in [7, 11) is 0. The van der Waals surface area contributed by atoms with Crippen LogP contribution < -0.4 is 4.90 Å². The topological polar surface area (TPSA) is 70.7 Å². The third kappa shape index (κ3) is 2.14. The third-order valence-corrected chi connectivity index (χ3v) is 3.56. The molecular weight excluding hydrogens is 244 g/mol. The van der Waals surface area contributed by atoms with E-state index in [2.05, 4.69) is 15.0 Å². The van der Waals surface area contributed by atoms with Gasteiger partial charge in [0.25, 0.3) is 0 Å². The van der Waals surface area contributed by atoms with E-state index in [1.165, 1.54) is 0 Å². The zero-order valence-corrected chi connectivity index (χ0v) is 10.8. The molecule has 1 N–H and O–H groups in total. The van der Waals surface area contributed by atoms with Crippen LogP contribution in [0, 0.1) is 12.8 Å². The first-order valence-corrected chi connectivity index (χ1v) is 6.44. The number of piperidine rings is 1. The van der Waals surface area contributed by atoms with Gasteiger partial charge in [0.15, 0.2) is 5.82 Å². The minimum atomic E-state index is -0.721. The lowest BCUT2D eigenvalue weighted by Crippen LogP contribution is -2.39. The van der Waals surface area contributed by atoms with Crippen LogP contribution in [0.4, 0.5) is 5.82 Å². The number of nitrogens with zero attached hydrogens (tertiary/aromatic N) is 4. The summed E-state index contributed by atoms with van der Waals surface area (Å²) in [5.41, 5.74) is 1.87. The largest absolute Gasteiger partial charge is 0.481 e. The van der Waals surface area contributed by atoms with Crippen LogP contribution in [0.3, 0.4) is 0 Å². The molecule has 0 unspecified atom stereocenters. The fraction of sp³-hybridized carbons (Fsp3) is 0.462. The van der Waals surface area contributed by atoms with Crippen LogP contribution in [0.2, 0.25) is 0 Å². The maximum atomic E-state index is 11.1. The lowest BCUT2D eigenvalue weighted by Gasteiger charge is -2.31. The number of rotatable bonds is 2. The zero-order chi connectivity index (χ0) is 13.4. The highest BCUT2D eigenvalue weighted by Crippen LogP contribution is 2.25. The molecule has 3 rings (SSSR count). The fourth-order valence-electron chi connectivity index (χ4n) is 2.65. The van der Waals surface area contributed by atoms with Crippen molar-refractivity contribution in [1.82, 2.24) is 14.6 Å². The molecular formula is C13H16N4O2. The molecule has 0 spiro atoms. The summed E-state index contributed by atoms with van der Waals surface area (Å²) in [6, 6.07) is 1.98. The Morgan fingerprint density at radius 3 is 3.16 bits per heavy atom. The van der Waals surface area contributed by atoms with E-state index in [1.807, 2.05) is 19.2 Å². The third-order valence-electron chi connectivity index (χ3n) is 3.56. The molecule has 1 atom stereocenters. The van der Waals surface area contributed by atoms with Gasteiger partial charge in [-0.1, -0.05) is 0 Å². The number of hydrogen-bond acceptors (Lipinski definition) is 4. The maximum Gasteiger partial charge on any atom is 0.308 e. The first-order chi connectivity index (χ1) is 9.15. The molecule has 0 bridgehead atoms. The van der Waals surface area contributed by atoms with E-state index in [4.69, 9.17) is 5.11 Å². The number of carbonyl (C=O) groups is 1. The predicted octanol–water partition coefficient (Wildman–Crippen LogP) is 1.34. The molecule has 0 aliphatic carbocycles. The summed E-state index contributed by atoms with van der Waals surface area (Å²) in [5, 5.41) is 13.5. The normalized spacial score (nSPS) is 19.8. The van der Waals surface area contributed by atoms with E-state index in [0.717, 1.165) is 36.4 Å². The maximum absolute atomic E-state index is 11.1. The van der Waals surface area contributed by atoms with Crippen molar-refractivity contribution < 1.29 is 9.90 Å². The molecule has 1 fully saturated rings. The summed E-state index contributed by atoms with van der Waals surface area (Å²) in [6.45, 7) is 3.31. The molecule has 1 aliphatic rings. The summed E-state index contributed by atoms with van der Waals surface area (Å²) < 4.78 is 1.79. The Hall–Kier alpha value is -2.11. The molecule has 0 amide bonds. The van der Waals surface area contributed by atoms with Gasteiger partial charge in [0.1, 0.15) is 5.52 Å². The minimum Gasteiger partial charge on any atom is -0.481 e. The van der Waals surface area contributed by atoms with Crippen molar-refractivity contribution in [3.63, 3.8) is 0 Å². The number of hydrogen-bond donors (Lipinski definition) is 1. The molecule has 1 saturated heterocycles. The second-order valence-electron chi connectivity index (χ2n) is 4.99. The minimum absolute atomic E-state index is 0.306. The summed E-state index contributed by atoms with van der Waals surface area (Å²) >= 11 is 0. The van der Waals surface area contributed by atoms with Gasteiger partial charge in [0, 0.05) is 25.5 Å². The number of aliphatic carboxylic acids is 1. The summed E-state index contributed by atoms with van der Waals surface area (Å²) in [6.07, 6.45) is 5.14. The molecule has 0 radical (unpaired) electrons. The van der Waals surface area contributed by atoms with Crippen molar-refractivity contribution in [3.8, 4) is 0 Å². The van der Waals surface area contributed by atoms with Gasteiger partial charge in [-0.05, 0) is 25.8 Å². The van der Waals surface area contributed by atoms with E-state index in [1.54, 1.807) is 10.7 Å². The Bertz CT molecular complexity index is 622. The fourth-order valence-corrected chi connectivity index (χ4v) is 2.65. The van der Waals surface area contributed by atoms with Crippen molar-refractivity contribution in [2.75, 3.05) is 18.0 Å². The molecule has 19 heavy (non-hydrogen) atoms. The number of carboxylic acid groups (broad SMARTS) is 1. The van der Waals surface area contributed by atoms with Crippen molar-refractivity contribution in [2.24, 2.45) is 5.92 Å². The van der Waals surface area contributed by atoms with Crippen LogP contribution in [0.5, 0.6) is 0 Å². The molecule has 1 aliphatic heterocycles. The number of fused-ring (bicyclic) bond motifs is 1. The molecule has 2 aromatic heterocycles. The first kappa shape index (κ1) is 12.0. The van der Waals surface area contributed by atoms with Gasteiger partial charge in [0.05, 0.1) is 11.6 Å². The van der Waals surface area contributed by atoms with Gasteiger partial charge in [-0.3, -0.25) is 4.79 Å². The average molecular weight is 260 g/mol. The Labute approximate surface area is 110 Å². The van der Waals surface area contributed by atoms with E-state index >= 15 is 0 Å². The van der Waals surface area contributed by atoms with Gasteiger partial charge in [-0.2, -0.15) is 5.10 Å². The SMILES string of the molecule is Cc1cc2c(N3CCC[C@@H](C(=O)O)C3)nccn2n1. The number of anilines is 1. The molecule has 0 aromatic carbocycles. The Balaban J connectivity index is 1.97. The highest BCUT2D eigenvalue weighted by atomic mass is 16.4. The first-order valence-electron chi connectivity index (χ1n) is 6.44. The number of carboxylic acids is 1. The van der Waals surface area contributed by atoms with E-state index < -0.39 is 5.97 Å². The standard InChI is InChI=1S/C13H16N4O2/c1-9-7-11-12(14-4-6-17(11)15-9)16-5-2-3-10(8-16)13(18)19/h4,6-7,10H,2-3,5,8H2,1H3,(H,18,19)/t10-/m1/s1. The average Bonchev–Trinajstić information content (AvgIpc) is 2.78. The van der Waals surface area contributed by atoms with Crippen molar-refractivity contribution in [3.05, 3.63) is 24.2 Å². The molecule has 6 heteroatoms. The lowest BCUT2D eigenvalue weighted by atomic mass is 9.98. The predicted molar refractivity (Wildman–Crippen MR) is 70.3 cm³/mol. The van der Waals surface area contributed by atoms with E-state index in [-0.39, 0.29) is 5.92 Å². The van der Waals surface area contributed by atoms with Crippen molar-refractivity contribution >= 4 is 17.3 Å². The number of aryl methyl sites for hydroxylation is 1. The molecule has 3 heterocycles. The van der Waals surface area contributed by atoms with Crippen molar-refractivity contribution in [1.29, 1.82) is 0 Å². The van der Waals surface area contributed by atoms with Crippen LogP contribution in [0.15, 0.2) is 18.5 Å². The molecule has 2 aromatic rings. The molecule has 100 valence electrons. The quantitative estimate of drug-likeness (QED) is 0.882. The van der Waals surface area contributed by atoms with Crippen LogP contribution in [-0.4, -0.2) is 38.8 Å². The van der Waals surface area contributed by atoms with Gasteiger partial charge >= 0.3 is 5.97 Å². The van der Waals surface area contributed by atoms with Crippen LogP contribution in [0.25, 0.3) is 5.52 Å². The van der Waals surface area contributed by atoms with Gasteiger partial charge in [-0.25, -0.2) is 9.50 Å². The summed E-state index contributed by atoms with van der Waals surface area (Å²) in [4.78, 5) is 17.6. The van der Waals surface area contributed by atoms with E-state index in [9.17, 15) is 4.79 Å². The monoisotopic (exact) mass is 260 g/mol. The van der Waals surface area contributed by atoms with Gasteiger partial charge in [-0.15, -0.1) is 0 Å². The van der Waals surface area contributed by atoms with Crippen molar-refractivity contribution in [2.45, 2.75) is 19.8 Å². The summed E-state index contributed by atoms with van der Waals surface area (Å²) in [5.74, 6) is -0.199. The molecule has 0 saturated carbocycles. The highest BCUT2D eigenvalue weighted by Gasteiger charge is 2.27. The Morgan fingerprint density at radius 2 is 2.37 bits per heavy atom. The van der Waals surface area contributed by atoms with Gasteiger partial charge < -0.3 is 10.0 Å². The Morgan fingerprint density at radius 1 is 1.53 bits per heavy atom. The zero-order valence-electron chi connectivity index (χ0n) is 10.8. The van der Waals surface area contributed by atoms with Crippen LogP contribution >= 0.6 is 0 Å². The van der Waals surface area contributed by atoms with Gasteiger partial charge in [0.2, 0.25) is 0 Å². The highest BCUT2D eigenvalue weighted by molar-refractivity contribution is 5.73. The van der Waals surface area contributed by atoms with Crippen LogP contribution in [-0.2, 0) is 4.79 Å².